The zero-order valence-electron chi connectivity index (χ0n) is 14.8. The molecule has 0 aliphatic carbocycles. The van der Waals surface area contributed by atoms with Crippen LogP contribution in [0.1, 0.15) is 45.2 Å². The minimum Gasteiger partial charge on any atom is -0.356 e. The molecule has 0 bridgehead atoms. The first-order valence-corrected chi connectivity index (χ1v) is 9.86. The van der Waals surface area contributed by atoms with Gasteiger partial charge in [0.1, 0.15) is 0 Å². The molecule has 7 nitrogen and oxygen atoms in total. The number of carbonyl (C=O) groups excluding carboxylic acids is 1. The largest absolute Gasteiger partial charge is 0.356 e. The maximum Gasteiger partial charge on any atom is 0.275 e. The summed E-state index contributed by atoms with van der Waals surface area (Å²) in [6.45, 7) is 6.33. The Balaban J connectivity index is 1.75. The number of aryl methyl sites for hydroxylation is 1. The molecule has 1 unspecified atom stereocenters. The van der Waals surface area contributed by atoms with Crippen molar-refractivity contribution in [1.82, 2.24) is 19.9 Å². The Morgan fingerprint density at radius 1 is 1.44 bits per heavy atom. The van der Waals surface area contributed by atoms with Crippen LogP contribution in [-0.4, -0.2) is 40.1 Å². The quantitative estimate of drug-likeness (QED) is 0.792. The highest BCUT2D eigenvalue weighted by molar-refractivity contribution is 7.20. The van der Waals surface area contributed by atoms with E-state index in [1.54, 1.807) is 0 Å². The number of hydrogen-bond donors (Lipinski definition) is 1. The third-order valence-corrected chi connectivity index (χ3v) is 5.51. The van der Waals surface area contributed by atoms with Crippen LogP contribution in [0.25, 0.3) is 4.96 Å². The second-order valence-corrected chi connectivity index (χ2v) is 7.38. The van der Waals surface area contributed by atoms with Crippen LogP contribution in [0.4, 0.5) is 5.13 Å². The van der Waals surface area contributed by atoms with Gasteiger partial charge in [-0.3, -0.25) is 9.59 Å². The Morgan fingerprint density at radius 2 is 2.28 bits per heavy atom. The Labute approximate surface area is 151 Å². The van der Waals surface area contributed by atoms with E-state index in [4.69, 9.17) is 0 Å². The molecule has 1 saturated heterocycles. The fourth-order valence-electron chi connectivity index (χ4n) is 3.05. The molecule has 1 aliphatic heterocycles. The van der Waals surface area contributed by atoms with E-state index in [0.29, 0.717) is 11.5 Å². The highest BCUT2D eigenvalue weighted by Gasteiger charge is 2.27. The minimum absolute atomic E-state index is 0.0199. The predicted molar refractivity (Wildman–Crippen MR) is 99.4 cm³/mol. The van der Waals surface area contributed by atoms with Gasteiger partial charge in [-0.1, -0.05) is 31.6 Å². The average molecular weight is 363 g/mol. The number of amides is 1. The van der Waals surface area contributed by atoms with Crippen molar-refractivity contribution in [3.8, 4) is 0 Å². The van der Waals surface area contributed by atoms with Gasteiger partial charge in [0, 0.05) is 31.4 Å². The monoisotopic (exact) mass is 363 g/mol. The first-order valence-electron chi connectivity index (χ1n) is 9.04. The number of hydrogen-bond acceptors (Lipinski definition) is 6. The normalized spacial score (nSPS) is 17.8. The molecule has 2 aromatic heterocycles. The number of aromatic nitrogens is 3. The number of rotatable bonds is 6. The highest BCUT2D eigenvalue weighted by Crippen LogP contribution is 2.27. The maximum atomic E-state index is 12.3. The fourth-order valence-corrected chi connectivity index (χ4v) is 4.01. The second-order valence-electron chi connectivity index (χ2n) is 6.45. The maximum absolute atomic E-state index is 12.3. The van der Waals surface area contributed by atoms with E-state index in [9.17, 15) is 9.59 Å². The van der Waals surface area contributed by atoms with Crippen molar-refractivity contribution in [2.45, 2.75) is 46.0 Å². The van der Waals surface area contributed by atoms with E-state index in [1.165, 1.54) is 21.9 Å². The lowest BCUT2D eigenvalue weighted by Gasteiger charge is -2.31. The van der Waals surface area contributed by atoms with Gasteiger partial charge in [0.25, 0.3) is 5.56 Å². The lowest BCUT2D eigenvalue weighted by molar-refractivity contribution is -0.125. The number of piperidine rings is 1. The zero-order valence-corrected chi connectivity index (χ0v) is 15.6. The smallest absolute Gasteiger partial charge is 0.275 e. The number of fused-ring (bicyclic) bond motifs is 1. The molecule has 136 valence electrons. The number of nitrogens with zero attached hydrogens (tertiary/aromatic N) is 4. The summed E-state index contributed by atoms with van der Waals surface area (Å²) in [6.07, 6.45) is 4.66. The molecule has 8 heteroatoms. The van der Waals surface area contributed by atoms with Crippen molar-refractivity contribution in [3.63, 3.8) is 0 Å². The van der Waals surface area contributed by atoms with E-state index in [1.807, 2.05) is 6.92 Å². The number of carbonyl (C=O) groups is 1. The van der Waals surface area contributed by atoms with Crippen LogP contribution in [0.2, 0.25) is 0 Å². The van der Waals surface area contributed by atoms with Gasteiger partial charge in [-0.25, -0.2) is 4.98 Å². The van der Waals surface area contributed by atoms with Gasteiger partial charge in [0.2, 0.25) is 16.0 Å². The fraction of sp³-hybridized carbons (Fsp3) is 0.647. The Morgan fingerprint density at radius 3 is 3.04 bits per heavy atom. The predicted octanol–water partition coefficient (Wildman–Crippen LogP) is 1.85. The molecule has 1 amide bonds. The second kappa shape index (κ2) is 7.95. The number of nitrogens with one attached hydrogen (secondary N) is 1. The van der Waals surface area contributed by atoms with E-state index >= 15 is 0 Å². The van der Waals surface area contributed by atoms with Crippen molar-refractivity contribution in [2.75, 3.05) is 24.5 Å². The van der Waals surface area contributed by atoms with Crippen LogP contribution < -0.4 is 15.8 Å². The van der Waals surface area contributed by atoms with Crippen LogP contribution in [-0.2, 0) is 11.2 Å². The lowest BCUT2D eigenvalue weighted by atomic mass is 9.97. The van der Waals surface area contributed by atoms with Crippen LogP contribution in [0, 0.1) is 5.92 Å². The molecule has 1 atom stereocenters. The number of anilines is 1. The van der Waals surface area contributed by atoms with Gasteiger partial charge in [-0.15, -0.1) is 5.10 Å². The molecule has 0 saturated carbocycles. The van der Waals surface area contributed by atoms with Gasteiger partial charge < -0.3 is 10.2 Å². The van der Waals surface area contributed by atoms with E-state index in [0.717, 1.165) is 56.0 Å². The molecular formula is C17H25N5O2S. The van der Waals surface area contributed by atoms with E-state index in [2.05, 4.69) is 27.2 Å². The van der Waals surface area contributed by atoms with Crippen molar-refractivity contribution in [3.05, 3.63) is 22.1 Å². The Bertz CT molecular complexity index is 800. The molecule has 3 rings (SSSR count). The molecule has 0 radical (unpaired) electrons. The summed E-state index contributed by atoms with van der Waals surface area (Å²) in [6, 6.07) is 1.54. The van der Waals surface area contributed by atoms with Gasteiger partial charge >= 0.3 is 0 Å². The Kier molecular flexibility index (Phi) is 5.67. The van der Waals surface area contributed by atoms with Crippen LogP contribution in [0.15, 0.2) is 10.9 Å². The first kappa shape index (κ1) is 17.8. The SMILES string of the molecule is CCCCNC(=O)C1CCCN(c2nn3c(=O)cc(CC)nc3s2)C1. The summed E-state index contributed by atoms with van der Waals surface area (Å²) in [4.78, 5) is 31.7. The Hall–Kier alpha value is -1.96. The van der Waals surface area contributed by atoms with Crippen molar-refractivity contribution in [2.24, 2.45) is 5.92 Å². The molecule has 0 aromatic carbocycles. The topological polar surface area (TPSA) is 79.6 Å². The van der Waals surface area contributed by atoms with Gasteiger partial charge in [-0.2, -0.15) is 4.52 Å². The van der Waals surface area contributed by atoms with E-state index < -0.39 is 0 Å². The third kappa shape index (κ3) is 4.00. The molecule has 1 aliphatic rings. The molecular weight excluding hydrogens is 338 g/mol. The molecule has 2 aromatic rings. The van der Waals surface area contributed by atoms with Gasteiger partial charge in [0.15, 0.2) is 0 Å². The van der Waals surface area contributed by atoms with E-state index in [-0.39, 0.29) is 17.4 Å². The van der Waals surface area contributed by atoms with Crippen molar-refractivity contribution >= 4 is 27.3 Å². The third-order valence-electron chi connectivity index (χ3n) is 4.54. The lowest BCUT2D eigenvalue weighted by Crippen LogP contribution is -2.43. The summed E-state index contributed by atoms with van der Waals surface area (Å²) in [5, 5.41) is 8.23. The molecule has 1 fully saturated rings. The summed E-state index contributed by atoms with van der Waals surface area (Å²) in [5.74, 6) is 0.108. The van der Waals surface area contributed by atoms with Gasteiger partial charge in [0.05, 0.1) is 5.92 Å². The standard InChI is InChI=1S/C17H25N5O2S/c1-3-5-8-18-15(24)12-7-6-9-21(11-12)17-20-22-14(23)10-13(4-2)19-16(22)25-17/h10,12H,3-9,11H2,1-2H3,(H,18,24). The molecule has 3 heterocycles. The first-order chi connectivity index (χ1) is 12.1. The number of unbranched alkanes of at least 4 members (excludes halogenated alkanes) is 1. The summed E-state index contributed by atoms with van der Waals surface area (Å²) in [5.41, 5.74) is 0.641. The van der Waals surface area contributed by atoms with Crippen molar-refractivity contribution in [1.29, 1.82) is 0 Å². The zero-order chi connectivity index (χ0) is 17.8. The molecule has 1 N–H and O–H groups in total. The van der Waals surface area contributed by atoms with Crippen molar-refractivity contribution < 1.29 is 4.79 Å². The molecule has 0 spiro atoms. The van der Waals surface area contributed by atoms with Crippen LogP contribution in [0.3, 0.4) is 0 Å². The van der Waals surface area contributed by atoms with Gasteiger partial charge in [-0.05, 0) is 25.7 Å². The van der Waals surface area contributed by atoms with Crippen LogP contribution in [0.5, 0.6) is 0 Å². The van der Waals surface area contributed by atoms with Crippen LogP contribution >= 0.6 is 11.3 Å². The summed E-state index contributed by atoms with van der Waals surface area (Å²) >= 11 is 1.42. The summed E-state index contributed by atoms with van der Waals surface area (Å²) in [7, 11) is 0. The average Bonchev–Trinajstić information content (AvgIpc) is 3.06. The summed E-state index contributed by atoms with van der Waals surface area (Å²) < 4.78 is 1.37. The highest BCUT2D eigenvalue weighted by atomic mass is 32.1. The molecule has 25 heavy (non-hydrogen) atoms. The minimum atomic E-state index is -0.143.